The first kappa shape index (κ1) is 14.0. The summed E-state index contributed by atoms with van der Waals surface area (Å²) in [5.41, 5.74) is 0.352. The Morgan fingerprint density at radius 2 is 2.24 bits per heavy atom. The first-order valence-electron chi connectivity index (χ1n) is 5.74. The van der Waals surface area contributed by atoms with Gasteiger partial charge in [0.15, 0.2) is 0 Å². The normalized spacial score (nSPS) is 12.5. The molecule has 0 saturated heterocycles. The predicted molar refractivity (Wildman–Crippen MR) is 70.8 cm³/mol. The highest BCUT2D eigenvalue weighted by Gasteiger charge is 2.09. The number of nitrogens with one attached hydrogen (secondary N) is 2. The molecule has 5 nitrogen and oxygen atoms in total. The zero-order chi connectivity index (χ0) is 12.8. The summed E-state index contributed by atoms with van der Waals surface area (Å²) in [7, 11) is 1.91. The summed E-state index contributed by atoms with van der Waals surface area (Å²) in [6.45, 7) is 6.14. The van der Waals surface area contributed by atoms with E-state index in [1.807, 2.05) is 14.0 Å². The molecule has 0 amide bonds. The van der Waals surface area contributed by atoms with Crippen LogP contribution in [-0.2, 0) is 6.54 Å². The molecule has 6 heteroatoms. The number of nitrogens with zero attached hydrogens (tertiary/aromatic N) is 2. The predicted octanol–water partition coefficient (Wildman–Crippen LogP) is 1.18. The Morgan fingerprint density at radius 1 is 1.53 bits per heavy atom. The highest BCUT2D eigenvalue weighted by Crippen LogP contribution is 2.15. The average Bonchev–Trinajstić information content (AvgIpc) is 2.31. The van der Waals surface area contributed by atoms with Crippen LogP contribution in [0.5, 0.6) is 0 Å². The van der Waals surface area contributed by atoms with Crippen LogP contribution in [0.25, 0.3) is 0 Å². The SMILES string of the molecule is CCn1ncc(NCC(C)CNC)c(Cl)c1=O. The second-order valence-corrected chi connectivity index (χ2v) is 4.41. The van der Waals surface area contributed by atoms with Crippen molar-refractivity contribution in [2.75, 3.05) is 25.5 Å². The van der Waals surface area contributed by atoms with Crippen molar-refractivity contribution in [2.24, 2.45) is 5.92 Å². The molecule has 1 rings (SSSR count). The summed E-state index contributed by atoms with van der Waals surface area (Å²) in [5, 5.41) is 10.5. The maximum atomic E-state index is 11.7. The molecule has 2 N–H and O–H groups in total. The molecular formula is C11H19ClN4O. The van der Waals surface area contributed by atoms with E-state index in [1.54, 1.807) is 6.20 Å². The number of hydrogen-bond acceptors (Lipinski definition) is 4. The fraction of sp³-hybridized carbons (Fsp3) is 0.636. The van der Waals surface area contributed by atoms with E-state index in [9.17, 15) is 4.79 Å². The zero-order valence-electron chi connectivity index (χ0n) is 10.5. The summed E-state index contributed by atoms with van der Waals surface area (Å²) in [6, 6.07) is 0. The second-order valence-electron chi connectivity index (χ2n) is 4.04. The summed E-state index contributed by atoms with van der Waals surface area (Å²) in [5.74, 6) is 0.449. The Balaban J connectivity index is 2.73. The molecule has 96 valence electrons. The van der Waals surface area contributed by atoms with Crippen LogP contribution < -0.4 is 16.2 Å². The van der Waals surface area contributed by atoms with Gasteiger partial charge in [0, 0.05) is 13.1 Å². The molecule has 17 heavy (non-hydrogen) atoms. The molecule has 0 aliphatic rings. The van der Waals surface area contributed by atoms with Gasteiger partial charge in [-0.3, -0.25) is 4.79 Å². The summed E-state index contributed by atoms with van der Waals surface area (Å²) in [6.07, 6.45) is 1.60. The maximum absolute atomic E-state index is 11.7. The lowest BCUT2D eigenvalue weighted by atomic mass is 10.2. The molecule has 0 aromatic carbocycles. The molecule has 0 spiro atoms. The van der Waals surface area contributed by atoms with Gasteiger partial charge in [-0.2, -0.15) is 5.10 Å². The van der Waals surface area contributed by atoms with E-state index in [4.69, 9.17) is 11.6 Å². The van der Waals surface area contributed by atoms with Crippen molar-refractivity contribution < 1.29 is 0 Å². The minimum atomic E-state index is -0.250. The van der Waals surface area contributed by atoms with Gasteiger partial charge in [-0.05, 0) is 26.4 Å². The average molecular weight is 259 g/mol. The largest absolute Gasteiger partial charge is 0.382 e. The van der Waals surface area contributed by atoms with Crippen LogP contribution >= 0.6 is 11.6 Å². The van der Waals surface area contributed by atoms with Crippen molar-refractivity contribution in [1.82, 2.24) is 15.1 Å². The van der Waals surface area contributed by atoms with Gasteiger partial charge in [0.05, 0.1) is 11.9 Å². The molecule has 1 aromatic rings. The Labute approximate surface area is 106 Å². The minimum Gasteiger partial charge on any atom is -0.382 e. The lowest BCUT2D eigenvalue weighted by Crippen LogP contribution is -2.26. The third-order valence-corrected chi connectivity index (χ3v) is 2.84. The smallest absolute Gasteiger partial charge is 0.287 e. The molecule has 1 atom stereocenters. The lowest BCUT2D eigenvalue weighted by molar-refractivity contribution is 0.568. The lowest BCUT2D eigenvalue weighted by Gasteiger charge is -2.14. The zero-order valence-corrected chi connectivity index (χ0v) is 11.2. The fourth-order valence-corrected chi connectivity index (χ4v) is 1.73. The van der Waals surface area contributed by atoms with Gasteiger partial charge < -0.3 is 10.6 Å². The van der Waals surface area contributed by atoms with Crippen LogP contribution in [0.4, 0.5) is 5.69 Å². The molecule has 0 aliphatic heterocycles. The van der Waals surface area contributed by atoms with Crippen molar-refractivity contribution >= 4 is 17.3 Å². The molecular weight excluding hydrogens is 240 g/mol. The standard InChI is InChI=1S/C11H19ClN4O/c1-4-16-11(17)10(12)9(7-15-16)14-6-8(2)5-13-3/h7-8,13-14H,4-6H2,1-3H3. The van der Waals surface area contributed by atoms with Crippen LogP contribution in [0.2, 0.25) is 5.02 Å². The quantitative estimate of drug-likeness (QED) is 0.805. The maximum Gasteiger partial charge on any atom is 0.287 e. The van der Waals surface area contributed by atoms with Crippen LogP contribution in [0.1, 0.15) is 13.8 Å². The number of hydrogen-bond donors (Lipinski definition) is 2. The Morgan fingerprint density at radius 3 is 2.82 bits per heavy atom. The first-order valence-corrected chi connectivity index (χ1v) is 6.12. The highest BCUT2D eigenvalue weighted by atomic mass is 35.5. The molecule has 1 heterocycles. The fourth-order valence-electron chi connectivity index (χ4n) is 1.52. The monoisotopic (exact) mass is 258 g/mol. The van der Waals surface area contributed by atoms with Gasteiger partial charge in [-0.1, -0.05) is 18.5 Å². The Bertz CT molecular complexity index is 418. The number of rotatable bonds is 6. The summed E-state index contributed by atoms with van der Waals surface area (Å²) in [4.78, 5) is 11.7. The first-order chi connectivity index (χ1) is 8.10. The number of aromatic nitrogens is 2. The number of halogens is 1. The van der Waals surface area contributed by atoms with Crippen molar-refractivity contribution in [1.29, 1.82) is 0 Å². The van der Waals surface area contributed by atoms with Crippen LogP contribution in [0, 0.1) is 5.92 Å². The highest BCUT2D eigenvalue weighted by molar-refractivity contribution is 6.32. The summed E-state index contributed by atoms with van der Waals surface area (Å²) >= 11 is 5.99. The molecule has 0 fully saturated rings. The molecule has 0 bridgehead atoms. The van der Waals surface area contributed by atoms with Gasteiger partial charge in [-0.15, -0.1) is 0 Å². The molecule has 0 aliphatic carbocycles. The van der Waals surface area contributed by atoms with Gasteiger partial charge >= 0.3 is 0 Å². The molecule has 0 radical (unpaired) electrons. The third kappa shape index (κ3) is 3.71. The topological polar surface area (TPSA) is 59.0 Å². The van der Waals surface area contributed by atoms with Gasteiger partial charge in [0.1, 0.15) is 5.02 Å². The number of aryl methyl sites for hydroxylation is 1. The molecule has 0 saturated carbocycles. The van der Waals surface area contributed by atoms with E-state index in [1.165, 1.54) is 4.68 Å². The van der Waals surface area contributed by atoms with Crippen LogP contribution in [0.3, 0.4) is 0 Å². The van der Waals surface area contributed by atoms with Crippen molar-refractivity contribution in [2.45, 2.75) is 20.4 Å². The van der Waals surface area contributed by atoms with Crippen molar-refractivity contribution in [3.8, 4) is 0 Å². The van der Waals surface area contributed by atoms with Crippen molar-refractivity contribution in [3.63, 3.8) is 0 Å². The van der Waals surface area contributed by atoms with Gasteiger partial charge in [-0.25, -0.2) is 4.68 Å². The number of anilines is 1. The van der Waals surface area contributed by atoms with E-state index < -0.39 is 0 Å². The van der Waals surface area contributed by atoms with E-state index in [0.717, 1.165) is 13.1 Å². The van der Waals surface area contributed by atoms with Gasteiger partial charge in [0.2, 0.25) is 0 Å². The van der Waals surface area contributed by atoms with Crippen molar-refractivity contribution in [3.05, 3.63) is 21.6 Å². The Hall–Kier alpha value is -1.07. The van der Waals surface area contributed by atoms with Gasteiger partial charge in [0.25, 0.3) is 5.56 Å². The van der Waals surface area contributed by atoms with E-state index >= 15 is 0 Å². The second kappa shape index (κ2) is 6.61. The van der Waals surface area contributed by atoms with Crippen LogP contribution in [0.15, 0.2) is 11.0 Å². The third-order valence-electron chi connectivity index (χ3n) is 2.48. The Kier molecular flexibility index (Phi) is 5.44. The molecule has 1 aromatic heterocycles. The van der Waals surface area contributed by atoms with E-state index in [-0.39, 0.29) is 10.6 Å². The van der Waals surface area contributed by atoms with Crippen LogP contribution in [-0.4, -0.2) is 29.9 Å². The summed E-state index contributed by atoms with van der Waals surface area (Å²) < 4.78 is 1.34. The van der Waals surface area contributed by atoms with E-state index in [0.29, 0.717) is 18.2 Å². The molecule has 1 unspecified atom stereocenters. The van der Waals surface area contributed by atoms with E-state index in [2.05, 4.69) is 22.7 Å². The minimum absolute atomic E-state index is 0.207.